The Labute approximate surface area is 82.6 Å². The summed E-state index contributed by atoms with van der Waals surface area (Å²) in [5.41, 5.74) is 0. The first-order chi connectivity index (χ1) is 6.37. The number of rotatable bonds is 5. The monoisotopic (exact) mass is 226 g/mol. The van der Waals surface area contributed by atoms with Crippen LogP contribution < -0.4 is 9.44 Å². The Morgan fingerprint density at radius 3 is 2.57 bits per heavy atom. The molecular formula is C6H14N2O5S. The highest BCUT2D eigenvalue weighted by Crippen LogP contribution is 1.83. The topological polar surface area (TPSA) is 105 Å². The first-order valence-electron chi connectivity index (χ1n) is 3.99. The fourth-order valence-corrected chi connectivity index (χ4v) is 1.35. The second kappa shape index (κ2) is 5.78. The highest BCUT2D eigenvalue weighted by molar-refractivity contribution is 7.88. The smallest absolute Gasteiger partial charge is 0.421 e. The lowest BCUT2D eigenvalue weighted by atomic mass is 10.4. The van der Waals surface area contributed by atoms with E-state index in [1.165, 1.54) is 6.92 Å². The molecular weight excluding hydrogens is 212 g/mol. The molecule has 0 aromatic heterocycles. The molecule has 7 nitrogen and oxygen atoms in total. The van der Waals surface area contributed by atoms with E-state index in [2.05, 4.69) is 4.74 Å². The maximum atomic E-state index is 11.0. The van der Waals surface area contributed by atoms with Gasteiger partial charge in [-0.25, -0.2) is 9.52 Å². The number of nitrogens with one attached hydrogen (secondary N) is 2. The number of aliphatic hydroxyl groups excluding tert-OH is 1. The number of hydrogen-bond acceptors (Lipinski definition) is 5. The Hall–Kier alpha value is -0.860. The molecule has 14 heavy (non-hydrogen) atoms. The average molecular weight is 226 g/mol. The summed E-state index contributed by atoms with van der Waals surface area (Å²) in [6.45, 7) is 2.87. The molecule has 0 aliphatic heterocycles. The third-order valence-corrected chi connectivity index (χ3v) is 2.04. The Morgan fingerprint density at radius 1 is 1.57 bits per heavy atom. The van der Waals surface area contributed by atoms with Crippen LogP contribution in [-0.4, -0.2) is 38.9 Å². The van der Waals surface area contributed by atoms with Crippen molar-refractivity contribution in [3.63, 3.8) is 0 Å². The summed E-state index contributed by atoms with van der Waals surface area (Å²) in [5.74, 6) is 0. The molecule has 0 bridgehead atoms. The van der Waals surface area contributed by atoms with E-state index in [-0.39, 0.29) is 13.2 Å². The van der Waals surface area contributed by atoms with Crippen LogP contribution in [0.15, 0.2) is 0 Å². The van der Waals surface area contributed by atoms with Crippen LogP contribution in [0.4, 0.5) is 4.79 Å². The molecule has 0 spiro atoms. The summed E-state index contributed by atoms with van der Waals surface area (Å²) in [7, 11) is -3.93. The van der Waals surface area contributed by atoms with Gasteiger partial charge in [-0.2, -0.15) is 13.1 Å². The zero-order valence-electron chi connectivity index (χ0n) is 7.98. The Bertz CT molecular complexity index is 274. The maximum absolute atomic E-state index is 11.0. The van der Waals surface area contributed by atoms with E-state index < -0.39 is 22.4 Å². The lowest BCUT2D eigenvalue weighted by Gasteiger charge is -2.08. The lowest BCUT2D eigenvalue weighted by Crippen LogP contribution is -2.42. The van der Waals surface area contributed by atoms with E-state index in [0.717, 1.165) is 0 Å². The van der Waals surface area contributed by atoms with Gasteiger partial charge in [0.15, 0.2) is 0 Å². The van der Waals surface area contributed by atoms with Gasteiger partial charge >= 0.3 is 16.3 Å². The number of amides is 1. The van der Waals surface area contributed by atoms with Crippen LogP contribution in [0.3, 0.4) is 0 Å². The standard InChI is InChI=1S/C6H14N2O5S/c1-3-13-6(10)8-14(11,12)7-4-5(2)9/h5,7,9H,3-4H2,1-2H3,(H,8,10). The maximum Gasteiger partial charge on any atom is 0.421 e. The SMILES string of the molecule is CCOC(=O)NS(=O)(=O)NCC(C)O. The van der Waals surface area contributed by atoms with Gasteiger partial charge in [0.2, 0.25) is 0 Å². The van der Waals surface area contributed by atoms with Gasteiger partial charge in [0.1, 0.15) is 0 Å². The van der Waals surface area contributed by atoms with E-state index >= 15 is 0 Å². The highest BCUT2D eigenvalue weighted by atomic mass is 32.2. The van der Waals surface area contributed by atoms with Crippen molar-refractivity contribution >= 4 is 16.3 Å². The Morgan fingerprint density at radius 2 is 2.14 bits per heavy atom. The predicted octanol–water partition coefficient (Wildman–Crippen LogP) is -1.05. The molecule has 8 heteroatoms. The summed E-state index contributed by atoms with van der Waals surface area (Å²) in [6.07, 6.45) is -1.88. The van der Waals surface area contributed by atoms with Crippen molar-refractivity contribution in [3.8, 4) is 0 Å². The van der Waals surface area contributed by atoms with Crippen molar-refractivity contribution in [1.29, 1.82) is 0 Å². The summed E-state index contributed by atoms with van der Waals surface area (Å²) in [6, 6.07) is 0. The minimum absolute atomic E-state index is 0.0811. The molecule has 3 N–H and O–H groups in total. The molecule has 0 radical (unpaired) electrons. The van der Waals surface area contributed by atoms with Crippen molar-refractivity contribution in [1.82, 2.24) is 9.44 Å². The van der Waals surface area contributed by atoms with Gasteiger partial charge in [-0.3, -0.25) is 0 Å². The number of aliphatic hydroxyl groups is 1. The predicted molar refractivity (Wildman–Crippen MR) is 48.8 cm³/mol. The first-order valence-corrected chi connectivity index (χ1v) is 5.48. The van der Waals surface area contributed by atoms with E-state index in [0.29, 0.717) is 0 Å². The van der Waals surface area contributed by atoms with Gasteiger partial charge in [0, 0.05) is 6.54 Å². The van der Waals surface area contributed by atoms with Crippen LogP contribution in [0.5, 0.6) is 0 Å². The molecule has 0 aliphatic rings. The Balaban J connectivity index is 4.01. The van der Waals surface area contributed by atoms with Crippen molar-refractivity contribution in [2.45, 2.75) is 20.0 Å². The van der Waals surface area contributed by atoms with Gasteiger partial charge < -0.3 is 9.84 Å². The second-order valence-corrected chi connectivity index (χ2v) is 4.02. The van der Waals surface area contributed by atoms with Crippen molar-refractivity contribution < 1.29 is 23.1 Å². The molecule has 0 aromatic rings. The van der Waals surface area contributed by atoms with Crippen LogP contribution >= 0.6 is 0 Å². The van der Waals surface area contributed by atoms with Crippen molar-refractivity contribution in [3.05, 3.63) is 0 Å². The van der Waals surface area contributed by atoms with Gasteiger partial charge in [-0.1, -0.05) is 0 Å². The summed E-state index contributed by atoms with van der Waals surface area (Å²) in [5, 5.41) is 8.78. The number of carbonyl (C=O) groups excluding carboxylic acids is 1. The molecule has 1 unspecified atom stereocenters. The third kappa shape index (κ3) is 6.63. The van der Waals surface area contributed by atoms with Crippen LogP contribution in [0.1, 0.15) is 13.8 Å². The molecule has 1 atom stereocenters. The van der Waals surface area contributed by atoms with Gasteiger partial charge in [-0.05, 0) is 13.8 Å². The number of hydrogen-bond donors (Lipinski definition) is 3. The molecule has 0 saturated carbocycles. The zero-order chi connectivity index (χ0) is 11.2. The van der Waals surface area contributed by atoms with E-state index in [1.54, 1.807) is 11.6 Å². The minimum atomic E-state index is -3.93. The van der Waals surface area contributed by atoms with Gasteiger partial charge in [0.05, 0.1) is 12.7 Å². The average Bonchev–Trinajstić information content (AvgIpc) is 2.00. The fourth-order valence-electron chi connectivity index (χ4n) is 0.537. The normalized spacial score (nSPS) is 13.4. The number of carbonyl (C=O) groups is 1. The molecule has 0 aromatic carbocycles. The first kappa shape index (κ1) is 13.1. The van der Waals surface area contributed by atoms with Crippen LogP contribution in [-0.2, 0) is 14.9 Å². The van der Waals surface area contributed by atoms with Gasteiger partial charge in [-0.15, -0.1) is 0 Å². The third-order valence-electron chi connectivity index (χ3n) is 1.06. The quantitative estimate of drug-likeness (QED) is 0.554. The van der Waals surface area contributed by atoms with Crippen LogP contribution in [0.2, 0.25) is 0 Å². The highest BCUT2D eigenvalue weighted by Gasteiger charge is 2.14. The Kier molecular flexibility index (Phi) is 5.43. The van der Waals surface area contributed by atoms with E-state index in [9.17, 15) is 13.2 Å². The van der Waals surface area contributed by atoms with E-state index in [4.69, 9.17) is 5.11 Å². The van der Waals surface area contributed by atoms with Crippen molar-refractivity contribution in [2.75, 3.05) is 13.2 Å². The zero-order valence-corrected chi connectivity index (χ0v) is 8.80. The fraction of sp³-hybridized carbons (Fsp3) is 0.833. The second-order valence-electron chi connectivity index (χ2n) is 2.52. The molecule has 0 aliphatic carbocycles. The molecule has 84 valence electrons. The molecule has 0 fully saturated rings. The van der Waals surface area contributed by atoms with Crippen LogP contribution in [0, 0.1) is 0 Å². The minimum Gasteiger partial charge on any atom is -0.449 e. The van der Waals surface area contributed by atoms with Crippen molar-refractivity contribution in [2.24, 2.45) is 0 Å². The molecule has 0 heterocycles. The van der Waals surface area contributed by atoms with Crippen LogP contribution in [0.25, 0.3) is 0 Å². The number of ether oxygens (including phenoxy) is 1. The summed E-state index contributed by atoms with van der Waals surface area (Å²) >= 11 is 0. The largest absolute Gasteiger partial charge is 0.449 e. The molecule has 1 amide bonds. The molecule has 0 saturated heterocycles. The lowest BCUT2D eigenvalue weighted by molar-refractivity contribution is 0.158. The van der Waals surface area contributed by atoms with Gasteiger partial charge in [0.25, 0.3) is 0 Å². The van der Waals surface area contributed by atoms with E-state index in [1.807, 2.05) is 4.72 Å². The summed E-state index contributed by atoms with van der Waals surface area (Å²) in [4.78, 5) is 10.7. The molecule has 0 rings (SSSR count). The summed E-state index contributed by atoms with van der Waals surface area (Å²) < 4.78 is 29.9.